The number of likely N-dealkylation sites (tertiary alicyclic amines) is 1. The third-order valence-corrected chi connectivity index (χ3v) is 9.57. The molecular formula is C34H45F2N7O4S. The number of pyridine rings is 1. The van der Waals surface area contributed by atoms with E-state index in [9.17, 15) is 23.6 Å². The Morgan fingerprint density at radius 2 is 1.98 bits per heavy atom. The van der Waals surface area contributed by atoms with E-state index in [1.165, 1.54) is 18.2 Å². The van der Waals surface area contributed by atoms with Crippen molar-refractivity contribution in [1.82, 2.24) is 24.8 Å². The Morgan fingerprint density at radius 1 is 1.23 bits per heavy atom. The maximum absolute atomic E-state index is 13.7. The number of nitrogens with one attached hydrogen (secondary N) is 2. The van der Waals surface area contributed by atoms with Gasteiger partial charge in [0.2, 0.25) is 5.95 Å². The van der Waals surface area contributed by atoms with Crippen LogP contribution in [0.15, 0.2) is 36.0 Å². The summed E-state index contributed by atoms with van der Waals surface area (Å²) >= 11 is 0.718. The number of ether oxygens (including phenoxy) is 2. The van der Waals surface area contributed by atoms with Crippen LogP contribution in [0.3, 0.4) is 0 Å². The van der Waals surface area contributed by atoms with Crippen LogP contribution >= 0.6 is 11.3 Å². The highest BCUT2D eigenvalue weighted by molar-refractivity contribution is 7.14. The molecule has 3 aromatic rings. The van der Waals surface area contributed by atoms with Gasteiger partial charge in [-0.15, -0.1) is 11.3 Å². The number of carbonyl (C=O) groups excluding carboxylic acids is 2. The van der Waals surface area contributed by atoms with Gasteiger partial charge in [-0.2, -0.15) is 5.26 Å². The molecule has 2 N–H and O–H groups in total. The Hall–Kier alpha value is -3.77. The maximum Gasteiger partial charge on any atom is 0.272 e. The Kier molecular flexibility index (Phi) is 12.1. The Balaban J connectivity index is 1.64. The number of thiophene rings is 1. The topological polar surface area (TPSA) is 134 Å². The van der Waals surface area contributed by atoms with Gasteiger partial charge in [0.25, 0.3) is 18.2 Å². The lowest BCUT2D eigenvalue weighted by Crippen LogP contribution is -2.39. The first-order valence-electron chi connectivity index (χ1n) is 16.0. The number of alkyl halides is 2. The first-order chi connectivity index (χ1) is 22.6. The Morgan fingerprint density at radius 3 is 2.62 bits per heavy atom. The molecule has 4 heterocycles. The lowest BCUT2D eigenvalue weighted by atomic mass is 9.88. The number of anilines is 1. The molecule has 48 heavy (non-hydrogen) atoms. The predicted octanol–water partition coefficient (Wildman–Crippen LogP) is 6.09. The average Bonchev–Trinajstić information content (AvgIpc) is 3.77. The Labute approximate surface area is 284 Å². The van der Waals surface area contributed by atoms with E-state index in [0.29, 0.717) is 43.9 Å². The molecule has 2 unspecified atom stereocenters. The highest BCUT2D eigenvalue weighted by Gasteiger charge is 2.33. The molecule has 1 fully saturated rings. The molecule has 260 valence electrons. The second-order valence-electron chi connectivity index (χ2n) is 13.6. The summed E-state index contributed by atoms with van der Waals surface area (Å²) in [5, 5.41) is 16.3. The number of rotatable bonds is 14. The van der Waals surface area contributed by atoms with E-state index in [0.717, 1.165) is 23.3 Å². The minimum Gasteiger partial charge on any atom is -0.382 e. The quantitative estimate of drug-likeness (QED) is 0.118. The van der Waals surface area contributed by atoms with E-state index in [1.807, 2.05) is 12.1 Å². The SMILES string of the molecule is COCCOC(C)(C)C=C(C#N)C(=O)N1CCCC1Cn1c(NC(=O)c2ccc(C(F)F)s2)nc2cc(CNC(C)C(C)(C)C)cnc21. The zero-order valence-corrected chi connectivity index (χ0v) is 29.4. The largest absolute Gasteiger partial charge is 0.382 e. The van der Waals surface area contributed by atoms with Crippen LogP contribution in [-0.4, -0.2) is 75.8 Å². The first kappa shape index (κ1) is 37.1. The number of nitrogens with zero attached hydrogens (tertiary/aromatic N) is 5. The van der Waals surface area contributed by atoms with Crippen molar-refractivity contribution in [3.63, 3.8) is 0 Å². The van der Waals surface area contributed by atoms with Crippen LogP contribution in [0.25, 0.3) is 11.2 Å². The van der Waals surface area contributed by atoms with E-state index in [2.05, 4.69) is 38.3 Å². The number of hydrogen-bond acceptors (Lipinski definition) is 9. The van der Waals surface area contributed by atoms with Crippen LogP contribution in [-0.2, 0) is 27.4 Å². The molecule has 0 aromatic carbocycles. The smallest absolute Gasteiger partial charge is 0.272 e. The number of nitriles is 1. The summed E-state index contributed by atoms with van der Waals surface area (Å²) < 4.78 is 39.1. The fourth-order valence-electron chi connectivity index (χ4n) is 5.33. The fraction of sp³-hybridized carbons (Fsp3) is 0.559. The number of halogens is 2. The second-order valence-corrected chi connectivity index (χ2v) is 14.7. The standard InChI is InChI=1S/C34H45F2N7O4S/c1-21(33(2,3)4)38-18-22-15-25-29(39-19-22)43(32(40-25)41-30(44)27-11-10-26(48-27)28(35)36)20-24-9-8-12-42(24)31(45)23(17-37)16-34(5,6)47-14-13-46-7/h10-11,15-16,19,21,24,28,38H,8-9,12-14,18,20H2,1-7H3,(H,40,41,44). The molecule has 3 aromatic heterocycles. The van der Waals surface area contributed by atoms with E-state index >= 15 is 0 Å². The molecule has 0 spiro atoms. The molecule has 14 heteroatoms. The number of methoxy groups -OCH3 is 1. The average molecular weight is 686 g/mol. The van der Waals surface area contributed by atoms with E-state index in [1.54, 1.807) is 36.6 Å². The summed E-state index contributed by atoms with van der Waals surface area (Å²) in [5.74, 6) is -0.800. The van der Waals surface area contributed by atoms with Crippen molar-refractivity contribution in [2.75, 3.05) is 32.2 Å². The number of imidazole rings is 1. The summed E-state index contributed by atoms with van der Waals surface area (Å²) in [6, 6.07) is 6.44. The van der Waals surface area contributed by atoms with E-state index in [-0.39, 0.29) is 45.3 Å². The van der Waals surface area contributed by atoms with E-state index < -0.39 is 23.8 Å². The monoisotopic (exact) mass is 685 g/mol. The summed E-state index contributed by atoms with van der Waals surface area (Å²) in [6.45, 7) is 14.1. The van der Waals surface area contributed by atoms with Gasteiger partial charge >= 0.3 is 0 Å². The fourth-order valence-corrected chi connectivity index (χ4v) is 6.09. The number of amides is 2. The molecule has 1 aliphatic heterocycles. The lowest BCUT2D eigenvalue weighted by molar-refractivity contribution is -0.127. The molecule has 1 aliphatic rings. The molecular weight excluding hydrogens is 640 g/mol. The van der Waals surface area contributed by atoms with Gasteiger partial charge < -0.3 is 19.7 Å². The molecule has 0 bridgehead atoms. The molecule has 0 saturated carbocycles. The van der Waals surface area contributed by atoms with E-state index in [4.69, 9.17) is 19.4 Å². The van der Waals surface area contributed by atoms with Crippen molar-refractivity contribution in [2.45, 2.75) is 91.6 Å². The van der Waals surface area contributed by atoms with Crippen molar-refractivity contribution < 1.29 is 27.8 Å². The van der Waals surface area contributed by atoms with Crippen LogP contribution < -0.4 is 10.6 Å². The molecule has 2 amide bonds. The zero-order valence-electron chi connectivity index (χ0n) is 28.6. The molecule has 4 rings (SSSR count). The van der Waals surface area contributed by atoms with Crippen LogP contribution in [0.5, 0.6) is 0 Å². The van der Waals surface area contributed by atoms with Crippen LogP contribution in [0.2, 0.25) is 0 Å². The summed E-state index contributed by atoms with van der Waals surface area (Å²) in [5.41, 5.74) is 1.09. The number of carbonyl (C=O) groups is 2. The van der Waals surface area contributed by atoms with Crippen molar-refractivity contribution >= 4 is 40.3 Å². The second kappa shape index (κ2) is 15.6. The van der Waals surface area contributed by atoms with Gasteiger partial charge in [-0.25, -0.2) is 18.7 Å². The summed E-state index contributed by atoms with van der Waals surface area (Å²) in [4.78, 5) is 37.9. The van der Waals surface area contributed by atoms with Gasteiger partial charge in [0.05, 0.1) is 34.6 Å². The van der Waals surface area contributed by atoms with Crippen molar-refractivity contribution in [3.05, 3.63) is 51.4 Å². The van der Waals surface area contributed by atoms with Gasteiger partial charge in [0.15, 0.2) is 5.65 Å². The molecule has 1 saturated heterocycles. The maximum atomic E-state index is 13.7. The van der Waals surface area contributed by atoms with Crippen molar-refractivity contribution in [2.24, 2.45) is 5.41 Å². The van der Waals surface area contributed by atoms with Crippen LogP contribution in [0.1, 0.15) is 80.9 Å². The van der Waals surface area contributed by atoms with Gasteiger partial charge in [-0.1, -0.05) is 20.8 Å². The predicted molar refractivity (Wildman–Crippen MR) is 181 cm³/mol. The molecule has 0 radical (unpaired) electrons. The number of aromatic nitrogens is 3. The third-order valence-electron chi connectivity index (χ3n) is 8.48. The number of hydrogen-bond donors (Lipinski definition) is 2. The first-order valence-corrected chi connectivity index (χ1v) is 16.8. The van der Waals surface area contributed by atoms with Gasteiger partial charge in [-0.05, 0) is 68.9 Å². The van der Waals surface area contributed by atoms with Crippen molar-refractivity contribution in [3.8, 4) is 6.07 Å². The van der Waals surface area contributed by atoms with Crippen molar-refractivity contribution in [1.29, 1.82) is 5.26 Å². The summed E-state index contributed by atoms with van der Waals surface area (Å²) in [7, 11) is 1.57. The van der Waals surface area contributed by atoms with Gasteiger partial charge in [0.1, 0.15) is 17.2 Å². The molecule has 0 aliphatic carbocycles. The van der Waals surface area contributed by atoms with Crippen LogP contribution in [0.4, 0.5) is 14.7 Å². The number of fused-ring (bicyclic) bond motifs is 1. The van der Waals surface area contributed by atoms with Gasteiger partial charge in [-0.3, -0.25) is 19.5 Å². The van der Waals surface area contributed by atoms with Crippen LogP contribution in [0, 0.1) is 16.7 Å². The molecule has 11 nitrogen and oxygen atoms in total. The minimum absolute atomic E-state index is 0.0272. The molecule has 2 atom stereocenters. The normalized spacial score (nSPS) is 16.5. The lowest BCUT2D eigenvalue weighted by Gasteiger charge is -2.28. The highest BCUT2D eigenvalue weighted by atomic mass is 32.1. The highest BCUT2D eigenvalue weighted by Crippen LogP contribution is 2.30. The van der Waals surface area contributed by atoms with Gasteiger partial charge in [0, 0.05) is 39.0 Å². The Bertz CT molecular complexity index is 1670. The minimum atomic E-state index is -2.68. The third kappa shape index (κ3) is 9.22. The zero-order chi connectivity index (χ0) is 35.2. The summed E-state index contributed by atoms with van der Waals surface area (Å²) in [6.07, 6.45) is 1.98.